The number of hydrogen-bond donors (Lipinski definition) is 2. The van der Waals surface area contributed by atoms with Gasteiger partial charge in [-0.15, -0.1) is 0 Å². The van der Waals surface area contributed by atoms with Gasteiger partial charge in [-0.3, -0.25) is 9.59 Å². The van der Waals surface area contributed by atoms with Crippen LogP contribution in [-0.2, 0) is 9.59 Å². The Bertz CT molecular complexity index is 682. The van der Waals surface area contributed by atoms with Gasteiger partial charge in [-0.1, -0.05) is 48.0 Å². The predicted molar refractivity (Wildman–Crippen MR) is 90.8 cm³/mol. The second kappa shape index (κ2) is 8.15. The molecular weight excluding hydrogens is 306 g/mol. The van der Waals surface area contributed by atoms with E-state index in [2.05, 4.69) is 5.32 Å². The Morgan fingerprint density at radius 3 is 2.29 bits per heavy atom. The topological polar surface area (TPSA) is 75.6 Å². The molecule has 0 fully saturated rings. The Morgan fingerprint density at radius 1 is 1.08 bits per heavy atom. The van der Waals surface area contributed by atoms with Gasteiger partial charge in [0.05, 0.1) is 12.0 Å². The van der Waals surface area contributed by atoms with Crippen molar-refractivity contribution in [2.45, 2.75) is 19.9 Å². The standard InChI is InChI=1S/C19H21NO4/c1-13-8-10-16(11-9-13)24-12-17(21)20-18(14(2)19(22)23)15-6-4-3-5-7-15/h3-11,14,18H,12H2,1-2H3,(H,20,21)(H,22,23). The van der Waals surface area contributed by atoms with Gasteiger partial charge >= 0.3 is 5.97 Å². The number of carboxylic acid groups (broad SMARTS) is 1. The molecule has 126 valence electrons. The molecule has 2 rings (SSSR count). The molecule has 0 aromatic heterocycles. The fraction of sp³-hybridized carbons (Fsp3) is 0.263. The minimum atomic E-state index is -0.969. The first kappa shape index (κ1) is 17.5. The number of carboxylic acids is 1. The first-order valence-corrected chi connectivity index (χ1v) is 7.74. The minimum Gasteiger partial charge on any atom is -0.484 e. The molecule has 0 aliphatic rings. The van der Waals surface area contributed by atoms with E-state index in [9.17, 15) is 14.7 Å². The minimum absolute atomic E-state index is 0.168. The molecule has 5 nitrogen and oxygen atoms in total. The molecule has 2 unspecified atom stereocenters. The first-order chi connectivity index (χ1) is 11.5. The van der Waals surface area contributed by atoms with Crippen LogP contribution < -0.4 is 10.1 Å². The molecule has 5 heteroatoms. The van der Waals surface area contributed by atoms with Crippen LogP contribution in [0, 0.1) is 12.8 Å². The first-order valence-electron chi connectivity index (χ1n) is 7.74. The second-order valence-corrected chi connectivity index (χ2v) is 5.68. The molecule has 2 N–H and O–H groups in total. The van der Waals surface area contributed by atoms with Gasteiger partial charge in [0.15, 0.2) is 6.61 Å². The van der Waals surface area contributed by atoms with Gasteiger partial charge in [0.1, 0.15) is 5.75 Å². The van der Waals surface area contributed by atoms with Crippen molar-refractivity contribution in [1.29, 1.82) is 0 Å². The van der Waals surface area contributed by atoms with Gasteiger partial charge in [0.25, 0.3) is 5.91 Å². The van der Waals surface area contributed by atoms with Gasteiger partial charge in [-0.2, -0.15) is 0 Å². The summed E-state index contributed by atoms with van der Waals surface area (Å²) in [5, 5.41) is 12.0. The maximum Gasteiger partial charge on any atom is 0.308 e. The van der Waals surface area contributed by atoms with Gasteiger partial charge < -0.3 is 15.2 Å². The summed E-state index contributed by atoms with van der Waals surface area (Å²) in [5.41, 5.74) is 1.85. The molecule has 0 aliphatic heterocycles. The normalized spacial score (nSPS) is 12.9. The molecule has 0 aliphatic carbocycles. The summed E-state index contributed by atoms with van der Waals surface area (Å²) in [6.07, 6.45) is 0. The Balaban J connectivity index is 2.01. The van der Waals surface area contributed by atoms with Crippen LogP contribution in [0.4, 0.5) is 0 Å². The molecule has 0 saturated carbocycles. The summed E-state index contributed by atoms with van der Waals surface area (Å²) in [4.78, 5) is 23.5. The van der Waals surface area contributed by atoms with Crippen LogP contribution in [0.25, 0.3) is 0 Å². The Labute approximate surface area is 141 Å². The van der Waals surface area contributed by atoms with Gasteiger partial charge in [-0.05, 0) is 31.5 Å². The van der Waals surface area contributed by atoms with E-state index in [4.69, 9.17) is 4.74 Å². The summed E-state index contributed by atoms with van der Waals surface area (Å²) < 4.78 is 5.44. The third-order valence-corrected chi connectivity index (χ3v) is 3.76. The van der Waals surface area contributed by atoms with Crippen LogP contribution in [0.5, 0.6) is 5.75 Å². The monoisotopic (exact) mass is 327 g/mol. The molecular formula is C19H21NO4. The number of rotatable bonds is 7. The molecule has 2 atom stereocenters. The average Bonchev–Trinajstić information content (AvgIpc) is 2.59. The number of aryl methyl sites for hydroxylation is 1. The third kappa shape index (κ3) is 4.84. The van der Waals surface area contributed by atoms with Crippen molar-refractivity contribution >= 4 is 11.9 Å². The highest BCUT2D eigenvalue weighted by atomic mass is 16.5. The van der Waals surface area contributed by atoms with E-state index in [-0.39, 0.29) is 12.5 Å². The molecule has 24 heavy (non-hydrogen) atoms. The summed E-state index contributed by atoms with van der Waals surface area (Å²) in [6.45, 7) is 3.37. The zero-order chi connectivity index (χ0) is 17.5. The van der Waals surface area contributed by atoms with Gasteiger partial charge in [0, 0.05) is 0 Å². The largest absolute Gasteiger partial charge is 0.484 e. The molecule has 0 spiro atoms. The van der Waals surface area contributed by atoms with E-state index in [1.165, 1.54) is 0 Å². The molecule has 0 heterocycles. The highest BCUT2D eigenvalue weighted by Gasteiger charge is 2.26. The van der Waals surface area contributed by atoms with Crippen LogP contribution in [0.1, 0.15) is 24.1 Å². The SMILES string of the molecule is Cc1ccc(OCC(=O)NC(c2ccccc2)C(C)C(=O)O)cc1. The summed E-state index contributed by atoms with van der Waals surface area (Å²) in [7, 11) is 0. The molecule has 0 radical (unpaired) electrons. The lowest BCUT2D eigenvalue weighted by atomic mass is 9.94. The zero-order valence-corrected chi connectivity index (χ0v) is 13.7. The van der Waals surface area contributed by atoms with Crippen LogP contribution in [0.2, 0.25) is 0 Å². The lowest BCUT2D eigenvalue weighted by Gasteiger charge is -2.23. The van der Waals surface area contributed by atoms with Crippen molar-refractivity contribution in [3.8, 4) is 5.75 Å². The maximum atomic E-state index is 12.2. The van der Waals surface area contributed by atoms with Crippen LogP contribution in [0.15, 0.2) is 54.6 Å². The van der Waals surface area contributed by atoms with Crippen LogP contribution >= 0.6 is 0 Å². The van der Waals surface area contributed by atoms with E-state index in [1.807, 2.05) is 37.3 Å². The third-order valence-electron chi connectivity index (χ3n) is 3.76. The fourth-order valence-corrected chi connectivity index (χ4v) is 2.30. The number of ether oxygens (including phenoxy) is 1. The molecule has 2 aromatic rings. The zero-order valence-electron chi connectivity index (χ0n) is 13.7. The predicted octanol–water partition coefficient (Wildman–Crippen LogP) is 2.95. The molecule has 0 bridgehead atoms. The Kier molecular flexibility index (Phi) is 5.95. The quantitative estimate of drug-likeness (QED) is 0.820. The summed E-state index contributed by atoms with van der Waals surface area (Å²) >= 11 is 0. The Morgan fingerprint density at radius 2 is 1.71 bits per heavy atom. The highest BCUT2D eigenvalue weighted by molar-refractivity contribution is 5.79. The summed E-state index contributed by atoms with van der Waals surface area (Å²) in [6, 6.07) is 15.8. The van der Waals surface area contributed by atoms with E-state index in [0.29, 0.717) is 5.75 Å². The van der Waals surface area contributed by atoms with Gasteiger partial charge in [0.2, 0.25) is 0 Å². The van der Waals surface area contributed by atoms with E-state index < -0.39 is 17.9 Å². The highest BCUT2D eigenvalue weighted by Crippen LogP contribution is 2.22. The van der Waals surface area contributed by atoms with E-state index in [1.54, 1.807) is 31.2 Å². The average molecular weight is 327 g/mol. The number of nitrogens with one attached hydrogen (secondary N) is 1. The Hall–Kier alpha value is -2.82. The van der Waals surface area contributed by atoms with Crippen molar-refractivity contribution in [2.75, 3.05) is 6.61 Å². The smallest absolute Gasteiger partial charge is 0.308 e. The number of amides is 1. The molecule has 0 saturated heterocycles. The van der Waals surface area contributed by atoms with Gasteiger partial charge in [-0.25, -0.2) is 0 Å². The van der Waals surface area contributed by atoms with Crippen molar-refractivity contribution in [3.05, 3.63) is 65.7 Å². The fourth-order valence-electron chi connectivity index (χ4n) is 2.30. The van der Waals surface area contributed by atoms with Crippen molar-refractivity contribution in [2.24, 2.45) is 5.92 Å². The maximum absolute atomic E-state index is 12.2. The summed E-state index contributed by atoms with van der Waals surface area (Å²) in [5.74, 6) is -1.49. The lowest BCUT2D eigenvalue weighted by molar-refractivity contribution is -0.142. The number of carbonyl (C=O) groups is 2. The second-order valence-electron chi connectivity index (χ2n) is 5.68. The van der Waals surface area contributed by atoms with Crippen molar-refractivity contribution < 1.29 is 19.4 Å². The van der Waals surface area contributed by atoms with Crippen molar-refractivity contribution in [1.82, 2.24) is 5.32 Å². The number of hydrogen-bond acceptors (Lipinski definition) is 3. The number of benzene rings is 2. The molecule has 1 amide bonds. The van der Waals surface area contributed by atoms with E-state index >= 15 is 0 Å². The van der Waals surface area contributed by atoms with Crippen molar-refractivity contribution in [3.63, 3.8) is 0 Å². The molecule has 2 aromatic carbocycles. The van der Waals surface area contributed by atoms with Crippen LogP contribution in [0.3, 0.4) is 0 Å². The lowest BCUT2D eigenvalue weighted by Crippen LogP contribution is -2.38. The number of aliphatic carboxylic acids is 1. The van der Waals surface area contributed by atoms with Crippen LogP contribution in [-0.4, -0.2) is 23.6 Å². The van der Waals surface area contributed by atoms with E-state index in [0.717, 1.165) is 11.1 Å². The number of carbonyl (C=O) groups excluding carboxylic acids is 1.